The van der Waals surface area contributed by atoms with Crippen LogP contribution in [0.3, 0.4) is 0 Å². The maximum absolute atomic E-state index is 5.24. The van der Waals surface area contributed by atoms with E-state index in [9.17, 15) is 0 Å². The summed E-state index contributed by atoms with van der Waals surface area (Å²) in [6.07, 6.45) is 0.954. The molecule has 0 fully saturated rings. The Morgan fingerprint density at radius 3 is 2.93 bits per heavy atom. The van der Waals surface area contributed by atoms with Crippen molar-refractivity contribution in [2.75, 3.05) is 0 Å². The average Bonchev–Trinajstić information content (AvgIpc) is 2.75. The summed E-state index contributed by atoms with van der Waals surface area (Å²) >= 11 is 6.90. The molecule has 0 aliphatic rings. The van der Waals surface area contributed by atoms with Crippen LogP contribution in [0.4, 0.5) is 0 Å². The lowest BCUT2D eigenvalue weighted by molar-refractivity contribution is 0.970. The second-order valence-corrected chi connectivity index (χ2v) is 4.53. The molecular weight excluding hydrogens is 224 g/mol. The Labute approximate surface area is 98.0 Å². The van der Waals surface area contributed by atoms with Crippen molar-refractivity contribution in [1.29, 1.82) is 0 Å². The van der Waals surface area contributed by atoms with Crippen molar-refractivity contribution in [3.05, 3.63) is 32.7 Å². The van der Waals surface area contributed by atoms with E-state index in [4.69, 9.17) is 12.2 Å². The highest BCUT2D eigenvalue weighted by atomic mass is 32.1. The van der Waals surface area contributed by atoms with E-state index in [0.29, 0.717) is 4.64 Å². The minimum atomic E-state index is 0.701. The van der Waals surface area contributed by atoms with Crippen molar-refractivity contribution < 1.29 is 0 Å². The molecule has 2 heterocycles. The van der Waals surface area contributed by atoms with Gasteiger partial charge >= 0.3 is 0 Å². The van der Waals surface area contributed by atoms with E-state index in [0.717, 1.165) is 23.4 Å². The first-order valence-corrected chi connectivity index (χ1v) is 6.20. The molecular formula is C11H12N2S2. The van der Waals surface area contributed by atoms with Crippen LogP contribution in [-0.2, 0) is 6.42 Å². The highest BCUT2D eigenvalue weighted by Gasteiger charge is 2.05. The highest BCUT2D eigenvalue weighted by molar-refractivity contribution is 7.71. The Morgan fingerprint density at radius 1 is 1.53 bits per heavy atom. The van der Waals surface area contributed by atoms with E-state index in [1.807, 2.05) is 18.4 Å². The smallest absolute Gasteiger partial charge is 0.139 e. The molecule has 0 bridgehead atoms. The van der Waals surface area contributed by atoms with Gasteiger partial charge in [0.15, 0.2) is 0 Å². The molecule has 0 spiro atoms. The van der Waals surface area contributed by atoms with Crippen LogP contribution in [0.25, 0.3) is 11.4 Å². The summed E-state index contributed by atoms with van der Waals surface area (Å²) in [5.74, 6) is 0.878. The molecule has 0 amide bonds. The Morgan fingerprint density at radius 2 is 2.33 bits per heavy atom. The predicted octanol–water partition coefficient (Wildman–Crippen LogP) is 3.74. The van der Waals surface area contributed by atoms with Gasteiger partial charge in [-0.15, -0.1) is 0 Å². The maximum atomic E-state index is 5.24. The van der Waals surface area contributed by atoms with Crippen LogP contribution in [0.1, 0.15) is 18.2 Å². The fourth-order valence-electron chi connectivity index (χ4n) is 1.47. The predicted molar refractivity (Wildman–Crippen MR) is 66.8 cm³/mol. The molecule has 2 aromatic rings. The van der Waals surface area contributed by atoms with Crippen LogP contribution in [0, 0.1) is 11.6 Å². The number of aromatic amines is 1. The van der Waals surface area contributed by atoms with Gasteiger partial charge in [-0.3, -0.25) is 0 Å². The van der Waals surface area contributed by atoms with E-state index in [-0.39, 0.29) is 0 Å². The van der Waals surface area contributed by atoms with Gasteiger partial charge in [-0.2, -0.15) is 11.3 Å². The summed E-state index contributed by atoms with van der Waals surface area (Å²) in [5.41, 5.74) is 3.38. The minimum Gasteiger partial charge on any atom is -0.343 e. The first kappa shape index (κ1) is 10.5. The molecule has 4 heteroatoms. The Bertz CT molecular complexity index is 512. The fraction of sp³-hybridized carbons (Fsp3) is 0.273. The topological polar surface area (TPSA) is 28.7 Å². The lowest BCUT2D eigenvalue weighted by Crippen LogP contribution is -1.98. The van der Waals surface area contributed by atoms with Crippen molar-refractivity contribution in [3.8, 4) is 11.4 Å². The lowest BCUT2D eigenvalue weighted by Gasteiger charge is -2.06. The summed E-state index contributed by atoms with van der Waals surface area (Å²) in [7, 11) is 0. The number of hydrogen-bond donors (Lipinski definition) is 1. The molecule has 0 unspecified atom stereocenters. The van der Waals surface area contributed by atoms with Crippen LogP contribution in [0.5, 0.6) is 0 Å². The maximum Gasteiger partial charge on any atom is 0.139 e. The van der Waals surface area contributed by atoms with Gasteiger partial charge < -0.3 is 4.98 Å². The summed E-state index contributed by atoms with van der Waals surface area (Å²) in [6.45, 7) is 4.13. The van der Waals surface area contributed by atoms with Gasteiger partial charge in [0.05, 0.1) is 0 Å². The van der Waals surface area contributed by atoms with Gasteiger partial charge in [0.25, 0.3) is 0 Å². The zero-order valence-corrected chi connectivity index (χ0v) is 10.3. The molecule has 2 aromatic heterocycles. The van der Waals surface area contributed by atoms with Crippen molar-refractivity contribution in [1.82, 2.24) is 9.97 Å². The number of aryl methyl sites for hydroxylation is 1. The quantitative estimate of drug-likeness (QED) is 0.805. The Balaban J connectivity index is 2.61. The third kappa shape index (κ3) is 2.01. The summed E-state index contributed by atoms with van der Waals surface area (Å²) in [6, 6.07) is 2.05. The average molecular weight is 236 g/mol. The van der Waals surface area contributed by atoms with Gasteiger partial charge in [-0.05, 0) is 24.8 Å². The summed E-state index contributed by atoms with van der Waals surface area (Å²) in [4.78, 5) is 7.72. The number of thiophene rings is 1. The minimum absolute atomic E-state index is 0.701. The first-order valence-electron chi connectivity index (χ1n) is 4.84. The number of nitrogens with zero attached hydrogens (tertiary/aromatic N) is 1. The molecule has 0 radical (unpaired) electrons. The molecule has 78 valence electrons. The van der Waals surface area contributed by atoms with Crippen LogP contribution < -0.4 is 0 Å². The van der Waals surface area contributed by atoms with Gasteiger partial charge in [-0.1, -0.05) is 19.1 Å². The second-order valence-electron chi connectivity index (χ2n) is 3.36. The molecule has 0 aliphatic heterocycles. The normalized spacial score (nSPS) is 10.5. The molecule has 0 aliphatic carbocycles. The van der Waals surface area contributed by atoms with Crippen LogP contribution in [-0.4, -0.2) is 9.97 Å². The van der Waals surface area contributed by atoms with Crippen LogP contribution >= 0.6 is 23.6 Å². The number of H-pyrrole nitrogens is 1. The number of nitrogens with one attached hydrogen (secondary N) is 1. The first-order chi connectivity index (χ1) is 7.22. The summed E-state index contributed by atoms with van der Waals surface area (Å²) in [5, 5.41) is 4.11. The van der Waals surface area contributed by atoms with Crippen molar-refractivity contribution in [2.45, 2.75) is 20.3 Å². The third-order valence-electron chi connectivity index (χ3n) is 2.40. The monoisotopic (exact) mass is 236 g/mol. The molecule has 0 saturated carbocycles. The largest absolute Gasteiger partial charge is 0.343 e. The highest BCUT2D eigenvalue weighted by Crippen LogP contribution is 2.19. The van der Waals surface area contributed by atoms with Crippen molar-refractivity contribution in [3.63, 3.8) is 0 Å². The van der Waals surface area contributed by atoms with E-state index in [1.165, 1.54) is 5.69 Å². The van der Waals surface area contributed by atoms with Gasteiger partial charge in [0.1, 0.15) is 10.5 Å². The van der Waals surface area contributed by atoms with Crippen molar-refractivity contribution >= 4 is 23.6 Å². The molecule has 0 atom stereocenters. The van der Waals surface area contributed by atoms with Crippen LogP contribution in [0.2, 0.25) is 0 Å². The van der Waals surface area contributed by atoms with Crippen molar-refractivity contribution in [2.24, 2.45) is 0 Å². The number of hydrogen-bond acceptors (Lipinski definition) is 3. The second kappa shape index (κ2) is 4.24. The standard InChI is InChI=1S/C11H12N2S2/c1-3-9-7(2)11(14)13-10(12-9)8-4-5-15-6-8/h4-6H,3H2,1-2H3,(H,12,13,14). The number of rotatable bonds is 2. The number of aromatic nitrogens is 2. The SMILES string of the molecule is CCc1[nH]c(-c2ccsc2)nc(=S)c1C. The third-order valence-corrected chi connectivity index (χ3v) is 3.48. The van der Waals surface area contributed by atoms with E-state index in [2.05, 4.69) is 22.3 Å². The molecule has 0 aromatic carbocycles. The molecule has 15 heavy (non-hydrogen) atoms. The van der Waals surface area contributed by atoms with E-state index < -0.39 is 0 Å². The van der Waals surface area contributed by atoms with Gasteiger partial charge in [0.2, 0.25) is 0 Å². The Kier molecular flexibility index (Phi) is 2.98. The van der Waals surface area contributed by atoms with Crippen LogP contribution in [0.15, 0.2) is 16.8 Å². The summed E-state index contributed by atoms with van der Waals surface area (Å²) < 4.78 is 0.701. The fourth-order valence-corrected chi connectivity index (χ4v) is 2.32. The van der Waals surface area contributed by atoms with Gasteiger partial charge in [0, 0.05) is 22.2 Å². The zero-order valence-electron chi connectivity index (χ0n) is 8.70. The molecule has 0 saturated heterocycles. The molecule has 2 rings (SSSR count). The molecule has 1 N–H and O–H groups in total. The van der Waals surface area contributed by atoms with E-state index in [1.54, 1.807) is 11.3 Å². The van der Waals surface area contributed by atoms with Gasteiger partial charge in [-0.25, -0.2) is 4.98 Å². The lowest BCUT2D eigenvalue weighted by atomic mass is 10.2. The zero-order chi connectivity index (χ0) is 10.8. The molecule has 2 nitrogen and oxygen atoms in total. The van der Waals surface area contributed by atoms with E-state index >= 15 is 0 Å². The Hall–Kier alpha value is -1.00.